The molecule has 0 fully saturated rings. The van der Waals surface area contributed by atoms with Crippen molar-refractivity contribution in [3.05, 3.63) is 146 Å². The molecular formula is C76H124O6. The Bertz CT molecular complexity index is 1780. The quantitative estimate of drug-likeness (QED) is 0.0261. The molecule has 6 heteroatoms. The van der Waals surface area contributed by atoms with Gasteiger partial charge in [-0.2, -0.15) is 0 Å². The van der Waals surface area contributed by atoms with E-state index in [2.05, 4.69) is 167 Å². The Morgan fingerprint density at radius 2 is 0.476 bits per heavy atom. The average Bonchev–Trinajstić information content (AvgIpc) is 3.47. The molecule has 0 spiro atoms. The van der Waals surface area contributed by atoms with Crippen molar-refractivity contribution in [2.24, 2.45) is 0 Å². The van der Waals surface area contributed by atoms with E-state index < -0.39 is 6.10 Å². The summed E-state index contributed by atoms with van der Waals surface area (Å²) in [7, 11) is 0. The van der Waals surface area contributed by atoms with E-state index >= 15 is 0 Å². The van der Waals surface area contributed by atoms with Gasteiger partial charge < -0.3 is 14.2 Å². The molecule has 0 aromatic carbocycles. The third-order valence-electron chi connectivity index (χ3n) is 14.1. The monoisotopic (exact) mass is 1130 g/mol. The normalized spacial score (nSPS) is 13.1. The molecule has 0 aliphatic rings. The van der Waals surface area contributed by atoms with E-state index in [0.29, 0.717) is 19.3 Å². The van der Waals surface area contributed by atoms with E-state index in [1.165, 1.54) is 103 Å². The summed E-state index contributed by atoms with van der Waals surface area (Å²) in [4.78, 5) is 38.4. The minimum Gasteiger partial charge on any atom is -0.462 e. The molecule has 0 rings (SSSR count). The molecule has 0 saturated heterocycles. The van der Waals surface area contributed by atoms with Crippen LogP contribution in [-0.4, -0.2) is 37.2 Å². The molecule has 1 unspecified atom stereocenters. The molecule has 0 bridgehead atoms. The van der Waals surface area contributed by atoms with Crippen molar-refractivity contribution in [2.75, 3.05) is 13.2 Å². The zero-order chi connectivity index (χ0) is 59.2. The Hall–Kier alpha value is -4.71. The van der Waals surface area contributed by atoms with Crippen LogP contribution in [-0.2, 0) is 28.6 Å². The first-order valence-corrected chi connectivity index (χ1v) is 33.8. The second-order valence-electron chi connectivity index (χ2n) is 22.0. The summed E-state index contributed by atoms with van der Waals surface area (Å²) >= 11 is 0. The lowest BCUT2D eigenvalue weighted by atomic mass is 10.1. The minimum atomic E-state index is -0.795. The number of hydrogen-bond donors (Lipinski definition) is 0. The highest BCUT2D eigenvalue weighted by Crippen LogP contribution is 2.15. The van der Waals surface area contributed by atoms with Crippen molar-refractivity contribution >= 4 is 17.9 Å². The summed E-state index contributed by atoms with van der Waals surface area (Å²) in [5, 5.41) is 0. The number of carbonyl (C=O) groups excluding carboxylic acids is 3. The maximum atomic E-state index is 12.9. The number of rotatable bonds is 60. The maximum absolute atomic E-state index is 12.9. The van der Waals surface area contributed by atoms with Gasteiger partial charge in [0.1, 0.15) is 13.2 Å². The Balaban J connectivity index is 4.31. The van der Waals surface area contributed by atoms with Crippen LogP contribution in [0.5, 0.6) is 0 Å². The summed E-state index contributed by atoms with van der Waals surface area (Å²) in [6, 6.07) is 0. The van der Waals surface area contributed by atoms with Gasteiger partial charge in [-0.15, -0.1) is 0 Å². The zero-order valence-corrected chi connectivity index (χ0v) is 53.2. The molecule has 6 nitrogen and oxygen atoms in total. The molecule has 464 valence electrons. The van der Waals surface area contributed by atoms with Gasteiger partial charge in [0, 0.05) is 19.3 Å². The van der Waals surface area contributed by atoms with E-state index in [1.807, 2.05) is 0 Å². The molecule has 0 saturated carbocycles. The Kier molecular flexibility index (Phi) is 64.8. The van der Waals surface area contributed by atoms with Crippen molar-refractivity contribution in [2.45, 2.75) is 303 Å². The highest BCUT2D eigenvalue weighted by atomic mass is 16.6. The van der Waals surface area contributed by atoms with E-state index in [-0.39, 0.29) is 31.1 Å². The van der Waals surface area contributed by atoms with Gasteiger partial charge in [-0.05, 0) is 141 Å². The first-order valence-electron chi connectivity index (χ1n) is 33.8. The SMILES string of the molecule is CC/C=C\C/C=C\C/C=C\C/C=C\C/C=C\C/C=C\C/C=C\CCCCCCCCCCCC(=O)OCC(COC(=O)CCCCCCC/C=C\CCCCC)OC(=O)CCCCCCCCCC/C=C\C/C=C\C/C=C\C/C=C\CC. The Morgan fingerprint density at radius 3 is 0.756 bits per heavy atom. The molecule has 0 N–H and O–H groups in total. The van der Waals surface area contributed by atoms with Crippen LogP contribution >= 0.6 is 0 Å². The molecular weight excluding hydrogens is 1010 g/mol. The second-order valence-corrected chi connectivity index (χ2v) is 22.0. The second kappa shape index (κ2) is 68.8. The Morgan fingerprint density at radius 1 is 0.256 bits per heavy atom. The van der Waals surface area contributed by atoms with Gasteiger partial charge in [-0.3, -0.25) is 14.4 Å². The Labute approximate surface area is 506 Å². The van der Waals surface area contributed by atoms with Crippen LogP contribution in [0.15, 0.2) is 146 Å². The molecule has 0 amide bonds. The van der Waals surface area contributed by atoms with Crippen LogP contribution < -0.4 is 0 Å². The fourth-order valence-electron chi connectivity index (χ4n) is 9.06. The van der Waals surface area contributed by atoms with Gasteiger partial charge in [0.2, 0.25) is 0 Å². The lowest BCUT2D eigenvalue weighted by Crippen LogP contribution is -2.30. The predicted molar refractivity (Wildman–Crippen MR) is 357 cm³/mol. The van der Waals surface area contributed by atoms with Crippen molar-refractivity contribution in [3.63, 3.8) is 0 Å². The van der Waals surface area contributed by atoms with Crippen LogP contribution in [0.4, 0.5) is 0 Å². The maximum Gasteiger partial charge on any atom is 0.306 e. The van der Waals surface area contributed by atoms with Crippen molar-refractivity contribution < 1.29 is 28.6 Å². The molecule has 0 radical (unpaired) electrons. The highest BCUT2D eigenvalue weighted by Gasteiger charge is 2.19. The predicted octanol–water partition coefficient (Wildman–Crippen LogP) is 23.5. The number of hydrogen-bond acceptors (Lipinski definition) is 6. The number of carbonyl (C=O) groups is 3. The standard InChI is InChI=1S/C76H124O6/c1-4-7-10-13-16-19-22-25-27-29-31-33-34-35-36-37-38-39-40-41-42-44-45-47-49-51-54-57-60-63-66-69-75(78)81-72-73(71-80-74(77)68-65-62-59-56-53-24-21-18-15-12-9-6-3)82-76(79)70-67-64-61-58-55-52-50-48-46-43-32-30-28-26-23-20-17-14-11-8-5-2/h7-8,10-11,16-21,25-28,31-33,35-36,38-39,41-43,73H,4-6,9,12-15,22-24,29-30,34,37,40,44-72H2,1-3H3/b10-7-,11-8-,19-16-,20-17-,21-18-,27-25-,28-26-,33-31-,36-35-,39-38-,42-41-,43-32-. The van der Waals surface area contributed by atoms with Crippen LogP contribution in [0, 0.1) is 0 Å². The highest BCUT2D eigenvalue weighted by molar-refractivity contribution is 5.71. The van der Waals surface area contributed by atoms with Crippen LogP contribution in [0.1, 0.15) is 297 Å². The van der Waals surface area contributed by atoms with E-state index in [0.717, 1.165) is 154 Å². The lowest BCUT2D eigenvalue weighted by Gasteiger charge is -2.18. The first kappa shape index (κ1) is 77.3. The van der Waals surface area contributed by atoms with Crippen LogP contribution in [0.2, 0.25) is 0 Å². The third-order valence-corrected chi connectivity index (χ3v) is 14.1. The molecule has 0 aromatic heterocycles. The van der Waals surface area contributed by atoms with Crippen molar-refractivity contribution in [1.29, 1.82) is 0 Å². The number of unbranched alkanes of at least 4 members (excludes halogenated alkanes) is 25. The number of allylic oxidation sites excluding steroid dienone is 24. The van der Waals surface area contributed by atoms with Gasteiger partial charge in [0.25, 0.3) is 0 Å². The van der Waals surface area contributed by atoms with Gasteiger partial charge in [-0.1, -0.05) is 282 Å². The van der Waals surface area contributed by atoms with Crippen molar-refractivity contribution in [3.8, 4) is 0 Å². The van der Waals surface area contributed by atoms with Gasteiger partial charge >= 0.3 is 17.9 Å². The molecule has 0 heterocycles. The smallest absolute Gasteiger partial charge is 0.306 e. The van der Waals surface area contributed by atoms with Gasteiger partial charge in [-0.25, -0.2) is 0 Å². The van der Waals surface area contributed by atoms with Gasteiger partial charge in [0.05, 0.1) is 0 Å². The third kappa shape index (κ3) is 66.1. The fraction of sp³-hybridized carbons (Fsp3) is 0.645. The molecule has 1 atom stereocenters. The summed E-state index contributed by atoms with van der Waals surface area (Å²) in [5.74, 6) is -0.911. The summed E-state index contributed by atoms with van der Waals surface area (Å²) in [6.45, 7) is 6.38. The summed E-state index contributed by atoms with van der Waals surface area (Å²) < 4.78 is 16.9. The zero-order valence-electron chi connectivity index (χ0n) is 53.2. The summed E-state index contributed by atoms with van der Waals surface area (Å²) in [5.41, 5.74) is 0. The largest absolute Gasteiger partial charge is 0.462 e. The molecule has 0 aromatic rings. The van der Waals surface area contributed by atoms with E-state index in [1.54, 1.807) is 0 Å². The van der Waals surface area contributed by atoms with Gasteiger partial charge in [0.15, 0.2) is 6.10 Å². The first-order chi connectivity index (χ1) is 40.5. The van der Waals surface area contributed by atoms with Crippen molar-refractivity contribution in [1.82, 2.24) is 0 Å². The van der Waals surface area contributed by atoms with Crippen LogP contribution in [0.25, 0.3) is 0 Å². The molecule has 0 aliphatic carbocycles. The van der Waals surface area contributed by atoms with E-state index in [9.17, 15) is 14.4 Å². The number of esters is 3. The topological polar surface area (TPSA) is 78.9 Å². The average molecular weight is 1130 g/mol. The number of ether oxygens (including phenoxy) is 3. The molecule has 82 heavy (non-hydrogen) atoms. The van der Waals surface area contributed by atoms with Crippen LogP contribution in [0.3, 0.4) is 0 Å². The van der Waals surface area contributed by atoms with E-state index in [4.69, 9.17) is 14.2 Å². The fourth-order valence-corrected chi connectivity index (χ4v) is 9.06. The summed E-state index contributed by atoms with van der Waals surface area (Å²) in [6.07, 6.45) is 98.6. The molecule has 0 aliphatic heterocycles. The minimum absolute atomic E-state index is 0.0908. The lowest BCUT2D eigenvalue weighted by molar-refractivity contribution is -0.167.